The maximum absolute atomic E-state index is 11.6. The lowest BCUT2D eigenvalue weighted by atomic mass is 10.2. The van der Waals surface area contributed by atoms with Gasteiger partial charge in [-0.15, -0.1) is 0 Å². The van der Waals surface area contributed by atoms with Gasteiger partial charge in [0.2, 0.25) is 5.91 Å². The Morgan fingerprint density at radius 3 is 2.68 bits per heavy atom. The van der Waals surface area contributed by atoms with Crippen molar-refractivity contribution in [3.8, 4) is 0 Å². The highest BCUT2D eigenvalue weighted by Gasteiger charge is 2.31. The Bertz CT molecular complexity index is 469. The van der Waals surface area contributed by atoms with Gasteiger partial charge in [0.15, 0.2) is 0 Å². The maximum atomic E-state index is 11.6. The molecule has 0 spiro atoms. The van der Waals surface area contributed by atoms with Gasteiger partial charge in [-0.3, -0.25) is 9.59 Å². The van der Waals surface area contributed by atoms with E-state index in [1.54, 1.807) is 19.1 Å². The van der Waals surface area contributed by atoms with Crippen molar-refractivity contribution in [2.75, 3.05) is 18.1 Å². The first kappa shape index (κ1) is 13.3. The number of rotatable bonds is 6. The van der Waals surface area contributed by atoms with Crippen LogP contribution >= 0.6 is 0 Å². The molecule has 0 radical (unpaired) electrons. The fourth-order valence-electron chi connectivity index (χ4n) is 1.83. The monoisotopic (exact) mass is 263 g/mol. The SMILES string of the molecule is CCOC(=O)CN(c1ccc(C(N)=O)cn1)C1CC1. The van der Waals surface area contributed by atoms with Crippen LogP contribution in [0.25, 0.3) is 0 Å². The molecule has 0 unspecified atom stereocenters. The first-order valence-electron chi connectivity index (χ1n) is 6.30. The zero-order valence-corrected chi connectivity index (χ0v) is 10.8. The molecule has 0 saturated heterocycles. The lowest BCUT2D eigenvalue weighted by Gasteiger charge is -2.22. The maximum Gasteiger partial charge on any atom is 0.325 e. The number of nitrogens with zero attached hydrogens (tertiary/aromatic N) is 2. The third-order valence-electron chi connectivity index (χ3n) is 2.92. The number of ether oxygens (including phenoxy) is 1. The Morgan fingerprint density at radius 2 is 2.21 bits per heavy atom. The number of amides is 1. The number of primary amides is 1. The molecule has 1 aromatic heterocycles. The van der Waals surface area contributed by atoms with E-state index in [1.165, 1.54) is 6.20 Å². The molecule has 6 nitrogen and oxygen atoms in total. The van der Waals surface area contributed by atoms with Crippen molar-refractivity contribution >= 4 is 17.7 Å². The summed E-state index contributed by atoms with van der Waals surface area (Å²) in [7, 11) is 0. The van der Waals surface area contributed by atoms with Crippen molar-refractivity contribution in [3.05, 3.63) is 23.9 Å². The summed E-state index contributed by atoms with van der Waals surface area (Å²) in [5, 5.41) is 0. The third-order valence-corrected chi connectivity index (χ3v) is 2.92. The number of carbonyl (C=O) groups is 2. The van der Waals surface area contributed by atoms with Crippen LogP contribution in [0.5, 0.6) is 0 Å². The summed E-state index contributed by atoms with van der Waals surface area (Å²) in [5.74, 6) is -0.113. The standard InChI is InChI=1S/C13H17N3O3/c1-2-19-12(17)8-16(10-4-5-10)11-6-3-9(7-15-11)13(14)18/h3,6-7,10H,2,4-5,8H2,1H3,(H2,14,18). The van der Waals surface area contributed by atoms with Gasteiger partial charge in [-0.05, 0) is 31.9 Å². The van der Waals surface area contributed by atoms with E-state index in [2.05, 4.69) is 4.98 Å². The highest BCUT2D eigenvalue weighted by atomic mass is 16.5. The largest absolute Gasteiger partial charge is 0.465 e. The number of carbonyl (C=O) groups excluding carboxylic acids is 2. The fraction of sp³-hybridized carbons (Fsp3) is 0.462. The van der Waals surface area contributed by atoms with Gasteiger partial charge in [0.1, 0.15) is 12.4 Å². The summed E-state index contributed by atoms with van der Waals surface area (Å²) in [6, 6.07) is 3.65. The second kappa shape index (κ2) is 5.69. The smallest absolute Gasteiger partial charge is 0.325 e. The van der Waals surface area contributed by atoms with E-state index in [-0.39, 0.29) is 12.5 Å². The Kier molecular flexibility index (Phi) is 3.99. The molecular weight excluding hydrogens is 246 g/mol. The summed E-state index contributed by atoms with van der Waals surface area (Å²) in [6.07, 6.45) is 3.51. The van der Waals surface area contributed by atoms with E-state index < -0.39 is 5.91 Å². The average molecular weight is 263 g/mol. The molecule has 0 atom stereocenters. The molecule has 0 aliphatic heterocycles. The number of esters is 1. The summed E-state index contributed by atoms with van der Waals surface area (Å²) < 4.78 is 4.95. The van der Waals surface area contributed by atoms with Crippen LogP contribution < -0.4 is 10.6 Å². The van der Waals surface area contributed by atoms with Crippen LogP contribution in [-0.4, -0.2) is 36.1 Å². The summed E-state index contributed by atoms with van der Waals surface area (Å²) in [4.78, 5) is 28.7. The molecule has 1 aliphatic carbocycles. The van der Waals surface area contributed by atoms with Crippen LogP contribution in [0.1, 0.15) is 30.1 Å². The number of pyridine rings is 1. The first-order valence-corrected chi connectivity index (χ1v) is 6.30. The topological polar surface area (TPSA) is 85.5 Å². The van der Waals surface area contributed by atoms with Crippen LogP contribution in [0.4, 0.5) is 5.82 Å². The first-order chi connectivity index (χ1) is 9.11. The number of nitrogens with two attached hydrogens (primary N) is 1. The van der Waals surface area contributed by atoms with Crippen molar-refractivity contribution in [1.29, 1.82) is 0 Å². The molecule has 2 N–H and O–H groups in total. The lowest BCUT2D eigenvalue weighted by Crippen LogP contribution is -2.33. The van der Waals surface area contributed by atoms with Crippen molar-refractivity contribution in [3.63, 3.8) is 0 Å². The second-order valence-electron chi connectivity index (χ2n) is 4.43. The molecule has 2 rings (SSSR count). The van der Waals surface area contributed by atoms with Gasteiger partial charge in [-0.25, -0.2) is 4.98 Å². The van der Waals surface area contributed by atoms with Crippen LogP contribution in [0.15, 0.2) is 18.3 Å². The zero-order chi connectivity index (χ0) is 13.8. The second-order valence-corrected chi connectivity index (χ2v) is 4.43. The minimum atomic E-state index is -0.512. The third kappa shape index (κ3) is 3.43. The molecule has 0 bridgehead atoms. The molecule has 1 amide bonds. The minimum absolute atomic E-state index is 0.182. The molecule has 1 fully saturated rings. The van der Waals surface area contributed by atoms with Gasteiger partial charge in [0.05, 0.1) is 12.2 Å². The van der Waals surface area contributed by atoms with Crippen LogP contribution in [0.3, 0.4) is 0 Å². The number of hydrogen-bond acceptors (Lipinski definition) is 5. The van der Waals surface area contributed by atoms with E-state index in [0.717, 1.165) is 12.8 Å². The van der Waals surface area contributed by atoms with Crippen molar-refractivity contribution in [2.45, 2.75) is 25.8 Å². The molecule has 19 heavy (non-hydrogen) atoms. The van der Waals surface area contributed by atoms with Crippen molar-refractivity contribution in [2.24, 2.45) is 5.73 Å². The quantitative estimate of drug-likeness (QED) is 0.764. The highest BCUT2D eigenvalue weighted by molar-refractivity contribution is 5.92. The summed E-state index contributed by atoms with van der Waals surface area (Å²) >= 11 is 0. The minimum Gasteiger partial charge on any atom is -0.465 e. The molecule has 1 heterocycles. The van der Waals surface area contributed by atoms with E-state index >= 15 is 0 Å². The van der Waals surface area contributed by atoms with Gasteiger partial charge in [-0.1, -0.05) is 0 Å². The predicted octanol–water partition coefficient (Wildman–Crippen LogP) is 0.712. The molecule has 6 heteroatoms. The van der Waals surface area contributed by atoms with Crippen LogP contribution in [-0.2, 0) is 9.53 Å². The number of hydrogen-bond donors (Lipinski definition) is 1. The lowest BCUT2D eigenvalue weighted by molar-refractivity contribution is -0.141. The molecule has 1 saturated carbocycles. The predicted molar refractivity (Wildman–Crippen MR) is 69.8 cm³/mol. The summed E-state index contributed by atoms with van der Waals surface area (Å²) in [5.41, 5.74) is 5.52. The van der Waals surface area contributed by atoms with E-state index in [1.807, 2.05) is 4.90 Å². The van der Waals surface area contributed by atoms with Gasteiger partial charge in [0, 0.05) is 12.2 Å². The fourth-order valence-corrected chi connectivity index (χ4v) is 1.83. The Labute approximate surface area is 111 Å². The van der Waals surface area contributed by atoms with Crippen LogP contribution in [0.2, 0.25) is 0 Å². The van der Waals surface area contributed by atoms with Gasteiger partial charge >= 0.3 is 5.97 Å². The zero-order valence-electron chi connectivity index (χ0n) is 10.8. The number of anilines is 1. The summed E-state index contributed by atoms with van der Waals surface area (Å²) in [6.45, 7) is 2.33. The van der Waals surface area contributed by atoms with Crippen molar-refractivity contribution < 1.29 is 14.3 Å². The molecular formula is C13H17N3O3. The number of aromatic nitrogens is 1. The van der Waals surface area contributed by atoms with E-state index in [0.29, 0.717) is 24.0 Å². The highest BCUT2D eigenvalue weighted by Crippen LogP contribution is 2.30. The Hall–Kier alpha value is -2.11. The Balaban J connectivity index is 2.10. The van der Waals surface area contributed by atoms with E-state index in [9.17, 15) is 9.59 Å². The molecule has 1 aromatic rings. The van der Waals surface area contributed by atoms with Crippen LogP contribution in [0, 0.1) is 0 Å². The molecule has 0 aromatic carbocycles. The van der Waals surface area contributed by atoms with Gasteiger partial charge < -0.3 is 15.4 Å². The Morgan fingerprint density at radius 1 is 1.47 bits per heavy atom. The van der Waals surface area contributed by atoms with Gasteiger partial charge in [-0.2, -0.15) is 0 Å². The van der Waals surface area contributed by atoms with E-state index in [4.69, 9.17) is 10.5 Å². The van der Waals surface area contributed by atoms with Crippen molar-refractivity contribution in [1.82, 2.24) is 4.98 Å². The average Bonchev–Trinajstić information content (AvgIpc) is 3.21. The molecule has 1 aliphatic rings. The molecule has 102 valence electrons. The normalized spacial score (nSPS) is 13.9. The van der Waals surface area contributed by atoms with Gasteiger partial charge in [0.25, 0.3) is 0 Å².